The largest absolute Gasteiger partial charge is 0.324 e. The molecule has 0 saturated carbocycles. The SMILES string of the molecule is N#CC1=C(c2cccc(Cl)c2)C(N)CC1. The predicted molar refractivity (Wildman–Crippen MR) is 61.2 cm³/mol. The smallest absolute Gasteiger partial charge is 0.0950 e. The summed E-state index contributed by atoms with van der Waals surface area (Å²) in [6.45, 7) is 0. The van der Waals surface area contributed by atoms with Gasteiger partial charge in [0.1, 0.15) is 0 Å². The lowest BCUT2D eigenvalue weighted by Gasteiger charge is -2.09. The molecule has 15 heavy (non-hydrogen) atoms. The summed E-state index contributed by atoms with van der Waals surface area (Å²) in [6, 6.07) is 9.70. The second kappa shape index (κ2) is 4.06. The van der Waals surface area contributed by atoms with E-state index in [1.807, 2.05) is 24.3 Å². The van der Waals surface area contributed by atoms with Crippen molar-refractivity contribution in [2.24, 2.45) is 5.73 Å². The minimum atomic E-state index is -0.0295. The normalized spacial score (nSPS) is 20.5. The number of hydrogen-bond donors (Lipinski definition) is 1. The van der Waals surface area contributed by atoms with Crippen LogP contribution in [-0.4, -0.2) is 6.04 Å². The zero-order valence-corrected chi connectivity index (χ0v) is 8.96. The van der Waals surface area contributed by atoms with Crippen molar-refractivity contribution in [3.05, 3.63) is 40.4 Å². The number of allylic oxidation sites excluding steroid dienone is 1. The summed E-state index contributed by atoms with van der Waals surface area (Å²) in [4.78, 5) is 0. The summed E-state index contributed by atoms with van der Waals surface area (Å²) in [6.07, 6.45) is 1.63. The Kier molecular flexibility index (Phi) is 2.77. The van der Waals surface area contributed by atoms with Gasteiger partial charge in [-0.05, 0) is 36.1 Å². The monoisotopic (exact) mass is 218 g/mol. The van der Waals surface area contributed by atoms with Crippen molar-refractivity contribution < 1.29 is 0 Å². The van der Waals surface area contributed by atoms with Crippen LogP contribution < -0.4 is 5.73 Å². The van der Waals surface area contributed by atoms with Crippen molar-refractivity contribution in [2.45, 2.75) is 18.9 Å². The molecule has 1 aliphatic rings. The molecule has 2 rings (SSSR count). The first-order chi connectivity index (χ1) is 7.22. The van der Waals surface area contributed by atoms with Gasteiger partial charge in [0.05, 0.1) is 6.07 Å². The molecule has 1 atom stereocenters. The van der Waals surface area contributed by atoms with Crippen LogP contribution in [0.3, 0.4) is 0 Å². The molecule has 1 unspecified atom stereocenters. The summed E-state index contributed by atoms with van der Waals surface area (Å²) in [5, 5.41) is 9.67. The van der Waals surface area contributed by atoms with Gasteiger partial charge in [0.15, 0.2) is 0 Å². The molecule has 0 aromatic heterocycles. The van der Waals surface area contributed by atoms with E-state index in [1.165, 1.54) is 0 Å². The van der Waals surface area contributed by atoms with Crippen LogP contribution in [0.4, 0.5) is 0 Å². The number of nitrogens with zero attached hydrogens (tertiary/aromatic N) is 1. The first-order valence-corrected chi connectivity index (χ1v) is 5.25. The zero-order valence-electron chi connectivity index (χ0n) is 8.20. The van der Waals surface area contributed by atoms with Gasteiger partial charge in [-0.2, -0.15) is 5.26 Å². The van der Waals surface area contributed by atoms with E-state index in [2.05, 4.69) is 6.07 Å². The molecule has 0 radical (unpaired) electrons. The molecule has 3 heteroatoms. The first kappa shape index (κ1) is 10.2. The number of nitrogens with two attached hydrogens (primary N) is 1. The third-order valence-electron chi connectivity index (χ3n) is 2.67. The van der Waals surface area contributed by atoms with Gasteiger partial charge < -0.3 is 5.73 Å². The lowest BCUT2D eigenvalue weighted by molar-refractivity contribution is 0.786. The van der Waals surface area contributed by atoms with Crippen molar-refractivity contribution in [1.82, 2.24) is 0 Å². The van der Waals surface area contributed by atoms with Crippen molar-refractivity contribution in [3.63, 3.8) is 0 Å². The van der Waals surface area contributed by atoms with Crippen LogP contribution in [0.5, 0.6) is 0 Å². The zero-order chi connectivity index (χ0) is 10.8. The molecular weight excluding hydrogens is 208 g/mol. The molecule has 2 N–H and O–H groups in total. The van der Waals surface area contributed by atoms with E-state index in [1.54, 1.807) is 0 Å². The maximum Gasteiger partial charge on any atom is 0.0950 e. The van der Waals surface area contributed by atoms with Gasteiger partial charge in [0, 0.05) is 16.6 Å². The number of nitriles is 1. The van der Waals surface area contributed by atoms with Gasteiger partial charge in [-0.1, -0.05) is 23.7 Å². The lowest BCUT2D eigenvalue weighted by Crippen LogP contribution is -2.17. The summed E-state index contributed by atoms with van der Waals surface area (Å²) in [5.74, 6) is 0. The quantitative estimate of drug-likeness (QED) is 0.788. The molecule has 0 fully saturated rings. The number of rotatable bonds is 1. The molecular formula is C12H11ClN2. The summed E-state index contributed by atoms with van der Waals surface area (Å²) in [7, 11) is 0. The number of halogens is 1. The average molecular weight is 219 g/mol. The first-order valence-electron chi connectivity index (χ1n) is 4.87. The second-order valence-electron chi connectivity index (χ2n) is 3.66. The highest BCUT2D eigenvalue weighted by Crippen LogP contribution is 2.33. The Balaban J connectivity index is 2.50. The van der Waals surface area contributed by atoms with E-state index in [-0.39, 0.29) is 6.04 Å². The van der Waals surface area contributed by atoms with E-state index in [4.69, 9.17) is 22.6 Å². The topological polar surface area (TPSA) is 49.8 Å². The third kappa shape index (κ3) is 1.90. The Morgan fingerprint density at radius 2 is 2.27 bits per heavy atom. The van der Waals surface area contributed by atoms with Gasteiger partial charge in [0.2, 0.25) is 0 Å². The highest BCUT2D eigenvalue weighted by Gasteiger charge is 2.23. The van der Waals surface area contributed by atoms with Crippen LogP contribution in [0.15, 0.2) is 29.8 Å². The number of hydrogen-bond acceptors (Lipinski definition) is 2. The molecule has 1 aliphatic carbocycles. The van der Waals surface area contributed by atoms with Crippen molar-refractivity contribution >= 4 is 17.2 Å². The molecule has 0 aliphatic heterocycles. The van der Waals surface area contributed by atoms with Crippen LogP contribution in [0, 0.1) is 11.3 Å². The molecule has 2 nitrogen and oxygen atoms in total. The fourth-order valence-corrected chi connectivity index (χ4v) is 2.15. The fraction of sp³-hybridized carbons (Fsp3) is 0.250. The molecule has 0 spiro atoms. The number of benzene rings is 1. The maximum atomic E-state index is 8.99. The van der Waals surface area contributed by atoms with E-state index >= 15 is 0 Å². The van der Waals surface area contributed by atoms with Crippen LogP contribution in [-0.2, 0) is 0 Å². The Bertz CT molecular complexity index is 457. The summed E-state index contributed by atoms with van der Waals surface area (Å²) >= 11 is 5.92. The Morgan fingerprint density at radius 1 is 1.47 bits per heavy atom. The van der Waals surface area contributed by atoms with Crippen LogP contribution >= 0.6 is 11.6 Å². The van der Waals surface area contributed by atoms with Crippen molar-refractivity contribution in [1.29, 1.82) is 5.26 Å². The van der Waals surface area contributed by atoms with Crippen LogP contribution in [0.25, 0.3) is 5.57 Å². The summed E-state index contributed by atoms with van der Waals surface area (Å²) < 4.78 is 0. The van der Waals surface area contributed by atoms with E-state index in [0.717, 1.165) is 29.6 Å². The molecule has 0 amide bonds. The predicted octanol–water partition coefficient (Wildman–Crippen LogP) is 2.74. The van der Waals surface area contributed by atoms with Crippen molar-refractivity contribution in [2.75, 3.05) is 0 Å². The molecule has 1 aromatic carbocycles. The average Bonchev–Trinajstić information content (AvgIpc) is 2.59. The van der Waals surface area contributed by atoms with Crippen LogP contribution in [0.2, 0.25) is 5.02 Å². The molecule has 0 bridgehead atoms. The van der Waals surface area contributed by atoms with Gasteiger partial charge in [-0.15, -0.1) is 0 Å². The maximum absolute atomic E-state index is 8.99. The van der Waals surface area contributed by atoms with E-state index in [0.29, 0.717) is 5.02 Å². The highest BCUT2D eigenvalue weighted by atomic mass is 35.5. The highest BCUT2D eigenvalue weighted by molar-refractivity contribution is 6.30. The Morgan fingerprint density at radius 3 is 2.93 bits per heavy atom. The lowest BCUT2D eigenvalue weighted by atomic mass is 10.00. The third-order valence-corrected chi connectivity index (χ3v) is 2.91. The van der Waals surface area contributed by atoms with Crippen molar-refractivity contribution in [3.8, 4) is 6.07 Å². The molecule has 0 heterocycles. The van der Waals surface area contributed by atoms with Gasteiger partial charge >= 0.3 is 0 Å². The Hall–Kier alpha value is -1.30. The Labute approximate surface area is 94.0 Å². The van der Waals surface area contributed by atoms with Gasteiger partial charge in [0.25, 0.3) is 0 Å². The second-order valence-corrected chi connectivity index (χ2v) is 4.10. The minimum absolute atomic E-state index is 0.0295. The van der Waals surface area contributed by atoms with E-state index in [9.17, 15) is 0 Å². The molecule has 76 valence electrons. The standard InChI is InChI=1S/C12H11ClN2/c13-10-3-1-2-8(6-10)12-9(7-14)4-5-11(12)15/h1-3,6,11H,4-5,15H2. The summed E-state index contributed by atoms with van der Waals surface area (Å²) in [5.41, 5.74) is 8.71. The molecule has 0 saturated heterocycles. The van der Waals surface area contributed by atoms with Gasteiger partial charge in [-0.25, -0.2) is 0 Å². The van der Waals surface area contributed by atoms with Crippen LogP contribution in [0.1, 0.15) is 18.4 Å². The van der Waals surface area contributed by atoms with E-state index < -0.39 is 0 Å². The molecule has 1 aromatic rings. The van der Waals surface area contributed by atoms with Gasteiger partial charge in [-0.3, -0.25) is 0 Å². The fourth-order valence-electron chi connectivity index (χ4n) is 1.96. The minimum Gasteiger partial charge on any atom is -0.324 e.